The molecule has 2 aliphatic rings. The van der Waals surface area contributed by atoms with Crippen LogP contribution in [-0.4, -0.2) is 57.3 Å². The predicted octanol–water partition coefficient (Wildman–Crippen LogP) is 2.83. The van der Waals surface area contributed by atoms with Gasteiger partial charge in [-0.05, 0) is 49.5 Å². The molecule has 0 aliphatic carbocycles. The lowest BCUT2D eigenvalue weighted by Crippen LogP contribution is -2.32. The molecule has 2 fully saturated rings. The van der Waals surface area contributed by atoms with Gasteiger partial charge < -0.3 is 25.0 Å². The smallest absolute Gasteiger partial charge is 0.220 e. The van der Waals surface area contributed by atoms with Crippen LogP contribution >= 0.6 is 0 Å². The van der Waals surface area contributed by atoms with Gasteiger partial charge in [-0.3, -0.25) is 4.79 Å². The van der Waals surface area contributed by atoms with E-state index >= 15 is 0 Å². The highest BCUT2D eigenvalue weighted by atomic mass is 16.5. The second-order valence-corrected chi connectivity index (χ2v) is 8.43. The maximum atomic E-state index is 11.8. The number of pyridine rings is 1. The third-order valence-electron chi connectivity index (χ3n) is 6.34. The number of nitrogens with one attached hydrogen (secondary N) is 2. The van der Waals surface area contributed by atoms with E-state index in [1.807, 2.05) is 43.4 Å². The van der Waals surface area contributed by atoms with Gasteiger partial charge in [0.1, 0.15) is 18.1 Å². The van der Waals surface area contributed by atoms with Gasteiger partial charge in [-0.15, -0.1) is 0 Å². The number of hydrogen-bond donors (Lipinski definition) is 2. The maximum absolute atomic E-state index is 11.8. The number of benzene rings is 2. The van der Waals surface area contributed by atoms with Gasteiger partial charge in [0.05, 0.1) is 24.4 Å². The number of ether oxygens (including phenoxy) is 2. The summed E-state index contributed by atoms with van der Waals surface area (Å²) in [5.74, 6) is 2.16. The van der Waals surface area contributed by atoms with Crippen LogP contribution in [0.4, 0.5) is 5.69 Å². The second kappa shape index (κ2) is 8.67. The third-order valence-corrected chi connectivity index (χ3v) is 6.34. The van der Waals surface area contributed by atoms with Crippen molar-refractivity contribution in [2.24, 2.45) is 5.92 Å². The summed E-state index contributed by atoms with van der Waals surface area (Å²) in [4.78, 5) is 19.1. The van der Waals surface area contributed by atoms with Crippen molar-refractivity contribution in [1.29, 1.82) is 0 Å². The van der Waals surface area contributed by atoms with Gasteiger partial charge in [0.2, 0.25) is 5.91 Å². The molecule has 7 nitrogen and oxygen atoms in total. The molecule has 2 saturated heterocycles. The molecule has 0 bridgehead atoms. The number of likely N-dealkylation sites (N-methyl/N-ethyl adjacent to an activating group) is 1. The standard InChI is InChI=1S/C25H28N4O3/c1-26-9-10-32-18-5-3-16(4-6-18)21-13-24(20-8-7-19(31-2)12-22(20)27-21)29-14-17-11-25(30)28-23(17)15-29/h3-8,12-13,17,23,26H,9-11,14-15H2,1-2H3,(H,28,30)/t17-,23+/m0/s1. The zero-order chi connectivity index (χ0) is 22.1. The van der Waals surface area contributed by atoms with Gasteiger partial charge in [0, 0.05) is 54.7 Å². The Labute approximate surface area is 187 Å². The topological polar surface area (TPSA) is 75.7 Å². The van der Waals surface area contributed by atoms with Gasteiger partial charge in [-0.2, -0.15) is 0 Å². The number of nitrogens with zero attached hydrogens (tertiary/aromatic N) is 2. The van der Waals surface area contributed by atoms with Crippen molar-refractivity contribution >= 4 is 22.5 Å². The highest BCUT2D eigenvalue weighted by Crippen LogP contribution is 2.37. The van der Waals surface area contributed by atoms with Crippen LogP contribution in [0.5, 0.6) is 11.5 Å². The Kier molecular flexibility index (Phi) is 5.57. The van der Waals surface area contributed by atoms with E-state index in [0.29, 0.717) is 18.9 Å². The molecule has 2 aromatic carbocycles. The first-order valence-corrected chi connectivity index (χ1v) is 11.1. The van der Waals surface area contributed by atoms with Crippen LogP contribution in [0.25, 0.3) is 22.2 Å². The lowest BCUT2D eigenvalue weighted by Gasteiger charge is -2.22. The molecule has 32 heavy (non-hydrogen) atoms. The molecule has 2 N–H and O–H groups in total. The van der Waals surface area contributed by atoms with Crippen LogP contribution in [0.1, 0.15) is 6.42 Å². The van der Waals surface area contributed by atoms with E-state index in [1.54, 1.807) is 7.11 Å². The van der Waals surface area contributed by atoms with Gasteiger partial charge in [-0.25, -0.2) is 4.98 Å². The van der Waals surface area contributed by atoms with E-state index in [2.05, 4.69) is 27.7 Å². The average Bonchev–Trinajstić information content (AvgIpc) is 3.36. The molecule has 166 valence electrons. The largest absolute Gasteiger partial charge is 0.497 e. The highest BCUT2D eigenvalue weighted by Gasteiger charge is 2.40. The van der Waals surface area contributed by atoms with Crippen LogP contribution in [-0.2, 0) is 4.79 Å². The molecule has 0 saturated carbocycles. The monoisotopic (exact) mass is 432 g/mol. The minimum Gasteiger partial charge on any atom is -0.497 e. The van der Waals surface area contributed by atoms with Crippen molar-refractivity contribution in [2.75, 3.05) is 45.3 Å². The van der Waals surface area contributed by atoms with Crippen molar-refractivity contribution < 1.29 is 14.3 Å². The zero-order valence-corrected chi connectivity index (χ0v) is 18.4. The Morgan fingerprint density at radius 2 is 1.94 bits per heavy atom. The molecular weight excluding hydrogens is 404 g/mol. The molecule has 0 radical (unpaired) electrons. The quantitative estimate of drug-likeness (QED) is 0.559. The number of rotatable bonds is 7. The summed E-state index contributed by atoms with van der Waals surface area (Å²) in [7, 11) is 3.58. The molecule has 0 spiro atoms. The summed E-state index contributed by atoms with van der Waals surface area (Å²) in [5.41, 5.74) is 3.98. The highest BCUT2D eigenvalue weighted by molar-refractivity contribution is 5.95. The first-order chi connectivity index (χ1) is 15.6. The minimum atomic E-state index is 0.168. The number of carbonyl (C=O) groups is 1. The summed E-state index contributed by atoms with van der Waals surface area (Å²) in [6.07, 6.45) is 0.611. The van der Waals surface area contributed by atoms with Crippen LogP contribution < -0.4 is 25.0 Å². The summed E-state index contributed by atoms with van der Waals surface area (Å²) in [6, 6.07) is 16.5. The van der Waals surface area contributed by atoms with Crippen molar-refractivity contribution in [3.63, 3.8) is 0 Å². The van der Waals surface area contributed by atoms with Crippen LogP contribution in [0.15, 0.2) is 48.5 Å². The predicted molar refractivity (Wildman–Crippen MR) is 125 cm³/mol. The molecule has 1 amide bonds. The van der Waals surface area contributed by atoms with Crippen molar-refractivity contribution in [2.45, 2.75) is 12.5 Å². The van der Waals surface area contributed by atoms with Crippen molar-refractivity contribution in [3.8, 4) is 22.8 Å². The SMILES string of the molecule is CNCCOc1ccc(-c2cc(N3C[C@@H]4CC(=O)N[C@@H]4C3)c3ccc(OC)cc3n2)cc1. The molecule has 2 aliphatic heterocycles. The summed E-state index contributed by atoms with van der Waals surface area (Å²) < 4.78 is 11.2. The van der Waals surface area contributed by atoms with E-state index in [4.69, 9.17) is 14.5 Å². The first-order valence-electron chi connectivity index (χ1n) is 11.1. The van der Waals surface area contributed by atoms with Crippen molar-refractivity contribution in [1.82, 2.24) is 15.6 Å². The lowest BCUT2D eigenvalue weighted by molar-refractivity contribution is -0.119. The van der Waals surface area contributed by atoms with E-state index in [-0.39, 0.29) is 11.9 Å². The maximum Gasteiger partial charge on any atom is 0.220 e. The molecule has 3 aromatic rings. The normalized spacial score (nSPS) is 19.8. The Balaban J connectivity index is 1.50. The third kappa shape index (κ3) is 3.96. The number of hydrogen-bond acceptors (Lipinski definition) is 6. The summed E-state index contributed by atoms with van der Waals surface area (Å²) in [5, 5.41) is 7.29. The minimum absolute atomic E-state index is 0.168. The zero-order valence-electron chi connectivity index (χ0n) is 18.4. The lowest BCUT2D eigenvalue weighted by atomic mass is 10.1. The molecule has 3 heterocycles. The first kappa shape index (κ1) is 20.6. The van der Waals surface area contributed by atoms with Crippen LogP contribution in [0, 0.1) is 5.92 Å². The summed E-state index contributed by atoms with van der Waals surface area (Å²) in [6.45, 7) is 3.12. The number of methoxy groups -OCH3 is 1. The van der Waals surface area contributed by atoms with Gasteiger partial charge in [0.15, 0.2) is 0 Å². The fraction of sp³-hybridized carbons (Fsp3) is 0.360. The average molecular weight is 433 g/mol. The van der Waals surface area contributed by atoms with Crippen molar-refractivity contribution in [3.05, 3.63) is 48.5 Å². The molecule has 1 aromatic heterocycles. The molecule has 5 rings (SSSR count). The van der Waals surface area contributed by atoms with E-state index in [0.717, 1.165) is 59.0 Å². The Morgan fingerprint density at radius 1 is 1.12 bits per heavy atom. The Bertz CT molecular complexity index is 1120. The molecule has 7 heteroatoms. The molecule has 2 atom stereocenters. The number of anilines is 1. The van der Waals surface area contributed by atoms with E-state index < -0.39 is 0 Å². The molecular formula is C25H28N4O3. The van der Waals surface area contributed by atoms with Gasteiger partial charge >= 0.3 is 0 Å². The fourth-order valence-corrected chi connectivity index (χ4v) is 4.66. The van der Waals surface area contributed by atoms with Crippen LogP contribution in [0.2, 0.25) is 0 Å². The number of amides is 1. The Morgan fingerprint density at radius 3 is 2.69 bits per heavy atom. The fourth-order valence-electron chi connectivity index (χ4n) is 4.66. The Hall–Kier alpha value is -3.32. The van der Waals surface area contributed by atoms with Crippen LogP contribution in [0.3, 0.4) is 0 Å². The number of aromatic nitrogens is 1. The number of carbonyl (C=O) groups excluding carboxylic acids is 1. The number of fused-ring (bicyclic) bond motifs is 2. The summed E-state index contributed by atoms with van der Waals surface area (Å²) >= 11 is 0. The second-order valence-electron chi connectivity index (χ2n) is 8.43. The van der Waals surface area contributed by atoms with Gasteiger partial charge in [0.25, 0.3) is 0 Å². The van der Waals surface area contributed by atoms with E-state index in [1.165, 1.54) is 0 Å². The molecule has 0 unspecified atom stereocenters. The van der Waals surface area contributed by atoms with E-state index in [9.17, 15) is 4.79 Å². The van der Waals surface area contributed by atoms with Gasteiger partial charge in [-0.1, -0.05) is 0 Å².